The monoisotopic (exact) mass is 408 g/mol. The molecule has 0 N–H and O–H groups in total. The molecule has 2 aromatic carbocycles. The second-order valence-electron chi connectivity index (χ2n) is 6.45. The molecule has 146 valence electrons. The number of ether oxygens (including phenoxy) is 1. The average molecular weight is 408 g/mol. The Morgan fingerprint density at radius 3 is 2.36 bits per heavy atom. The Labute approximate surface area is 159 Å². The number of sulfonamides is 1. The second-order valence-corrected chi connectivity index (χ2v) is 8.39. The van der Waals surface area contributed by atoms with Crippen LogP contribution in [0.1, 0.15) is 5.56 Å². The molecule has 4 rings (SSSR count). The van der Waals surface area contributed by atoms with Gasteiger partial charge in [0.2, 0.25) is 15.9 Å². The molecule has 0 atom stereocenters. The third kappa shape index (κ3) is 3.55. The smallest absolute Gasteiger partial charge is 0.417 e. The molecule has 0 radical (unpaired) electrons. The molecule has 0 aliphatic carbocycles. The maximum absolute atomic E-state index is 12.7. The molecule has 1 aliphatic rings. The highest BCUT2D eigenvalue weighted by atomic mass is 32.2. The molecule has 3 aromatic rings. The quantitative estimate of drug-likeness (QED) is 0.661. The summed E-state index contributed by atoms with van der Waals surface area (Å²) in [6, 6.07) is 14.4. The SMILES string of the molecule is O=S(=O)(c1ccc2ccccc2c1)N1CC(Oc2ccc(C(F)(F)F)cn2)C1. The molecule has 1 fully saturated rings. The lowest BCUT2D eigenvalue weighted by molar-refractivity contribution is -0.137. The van der Waals surface area contributed by atoms with E-state index in [1.54, 1.807) is 18.2 Å². The lowest BCUT2D eigenvalue weighted by atomic mass is 10.1. The van der Waals surface area contributed by atoms with Gasteiger partial charge >= 0.3 is 6.18 Å². The number of nitrogens with zero attached hydrogens (tertiary/aromatic N) is 2. The van der Waals surface area contributed by atoms with Crippen LogP contribution in [0.25, 0.3) is 10.8 Å². The molecule has 2 heterocycles. The molecule has 5 nitrogen and oxygen atoms in total. The molecule has 1 aliphatic heterocycles. The van der Waals surface area contributed by atoms with Gasteiger partial charge in [-0.05, 0) is 29.0 Å². The highest BCUT2D eigenvalue weighted by Gasteiger charge is 2.38. The van der Waals surface area contributed by atoms with Gasteiger partial charge in [-0.25, -0.2) is 13.4 Å². The van der Waals surface area contributed by atoms with E-state index in [9.17, 15) is 21.6 Å². The number of rotatable bonds is 4. The van der Waals surface area contributed by atoms with E-state index in [0.29, 0.717) is 6.20 Å². The Morgan fingerprint density at radius 2 is 1.71 bits per heavy atom. The van der Waals surface area contributed by atoms with Gasteiger partial charge in [0.25, 0.3) is 0 Å². The van der Waals surface area contributed by atoms with Gasteiger partial charge in [-0.15, -0.1) is 0 Å². The number of hydrogen-bond donors (Lipinski definition) is 0. The zero-order chi connectivity index (χ0) is 19.9. The fourth-order valence-corrected chi connectivity index (χ4v) is 4.48. The van der Waals surface area contributed by atoms with Crippen LogP contribution in [0.15, 0.2) is 65.7 Å². The number of aromatic nitrogens is 1. The van der Waals surface area contributed by atoms with Crippen LogP contribution in [0.2, 0.25) is 0 Å². The molecule has 0 spiro atoms. The second kappa shape index (κ2) is 6.75. The minimum atomic E-state index is -4.47. The topological polar surface area (TPSA) is 59.5 Å². The van der Waals surface area contributed by atoms with Crippen molar-refractivity contribution in [1.82, 2.24) is 9.29 Å². The first-order chi connectivity index (χ1) is 13.2. The minimum Gasteiger partial charge on any atom is -0.472 e. The third-order valence-electron chi connectivity index (χ3n) is 4.52. The first kappa shape index (κ1) is 18.7. The summed E-state index contributed by atoms with van der Waals surface area (Å²) in [5.74, 6) is 0.0285. The summed E-state index contributed by atoms with van der Waals surface area (Å²) >= 11 is 0. The van der Waals surface area contributed by atoms with Crippen molar-refractivity contribution in [3.8, 4) is 5.88 Å². The Morgan fingerprint density at radius 1 is 1.00 bits per heavy atom. The summed E-state index contributed by atoms with van der Waals surface area (Å²) in [6.45, 7) is 0.218. The lowest BCUT2D eigenvalue weighted by Crippen LogP contribution is -2.56. The van der Waals surface area contributed by atoms with Crippen LogP contribution < -0.4 is 4.74 Å². The Hall–Kier alpha value is -2.65. The predicted molar refractivity (Wildman–Crippen MR) is 96.4 cm³/mol. The third-order valence-corrected chi connectivity index (χ3v) is 6.35. The van der Waals surface area contributed by atoms with Gasteiger partial charge in [0.1, 0.15) is 6.10 Å². The molecule has 9 heteroatoms. The van der Waals surface area contributed by atoms with Crippen LogP contribution in [0.3, 0.4) is 0 Å². The molecule has 1 saturated heterocycles. The van der Waals surface area contributed by atoms with Gasteiger partial charge in [0, 0.05) is 12.3 Å². The summed E-state index contributed by atoms with van der Waals surface area (Å²) < 4.78 is 69.9. The number of benzene rings is 2. The van der Waals surface area contributed by atoms with Crippen LogP contribution in [-0.4, -0.2) is 36.9 Å². The molecule has 0 saturated carbocycles. The maximum Gasteiger partial charge on any atom is 0.417 e. The molecule has 0 unspecified atom stereocenters. The molecule has 1 aromatic heterocycles. The van der Waals surface area contributed by atoms with Crippen LogP contribution in [0, 0.1) is 0 Å². The minimum absolute atomic E-state index is 0.0285. The van der Waals surface area contributed by atoms with Gasteiger partial charge in [0.15, 0.2) is 0 Å². The summed E-state index contributed by atoms with van der Waals surface area (Å²) in [7, 11) is -3.66. The maximum atomic E-state index is 12.7. The Kier molecular flexibility index (Phi) is 4.51. The molecular formula is C19H15F3N2O3S. The van der Waals surface area contributed by atoms with Crippen molar-refractivity contribution in [3.63, 3.8) is 0 Å². The number of halogens is 3. The van der Waals surface area contributed by atoms with Crippen molar-refractivity contribution < 1.29 is 26.3 Å². The van der Waals surface area contributed by atoms with Crippen molar-refractivity contribution >= 4 is 20.8 Å². The van der Waals surface area contributed by atoms with Crippen molar-refractivity contribution in [3.05, 3.63) is 66.4 Å². The normalized spacial score (nSPS) is 16.1. The van der Waals surface area contributed by atoms with Crippen LogP contribution in [0.4, 0.5) is 13.2 Å². The number of hydrogen-bond acceptors (Lipinski definition) is 4. The van der Waals surface area contributed by atoms with E-state index in [4.69, 9.17) is 4.74 Å². The molecule has 28 heavy (non-hydrogen) atoms. The van der Waals surface area contributed by atoms with Crippen LogP contribution in [-0.2, 0) is 16.2 Å². The van der Waals surface area contributed by atoms with Gasteiger partial charge in [-0.2, -0.15) is 17.5 Å². The zero-order valence-corrected chi connectivity index (χ0v) is 15.2. The summed E-state index contributed by atoms with van der Waals surface area (Å²) in [4.78, 5) is 3.83. The van der Waals surface area contributed by atoms with Crippen LogP contribution >= 0.6 is 0 Å². The fourth-order valence-electron chi connectivity index (χ4n) is 2.94. The predicted octanol–water partition coefficient (Wildman–Crippen LogP) is 3.71. The Bertz CT molecular complexity index is 1110. The van der Waals surface area contributed by atoms with Crippen molar-refractivity contribution in [2.45, 2.75) is 17.2 Å². The van der Waals surface area contributed by atoms with E-state index in [1.165, 1.54) is 4.31 Å². The first-order valence-electron chi connectivity index (χ1n) is 8.42. The summed E-state index contributed by atoms with van der Waals surface area (Å²) in [5, 5.41) is 1.77. The molecule has 0 bridgehead atoms. The lowest BCUT2D eigenvalue weighted by Gasteiger charge is -2.37. The van der Waals surface area contributed by atoms with Gasteiger partial charge in [-0.1, -0.05) is 30.3 Å². The number of pyridine rings is 1. The number of alkyl halides is 3. The van der Waals surface area contributed by atoms with Crippen molar-refractivity contribution in [2.24, 2.45) is 0 Å². The van der Waals surface area contributed by atoms with E-state index < -0.39 is 27.9 Å². The van der Waals surface area contributed by atoms with Crippen molar-refractivity contribution in [1.29, 1.82) is 0 Å². The van der Waals surface area contributed by atoms with E-state index >= 15 is 0 Å². The fraction of sp³-hybridized carbons (Fsp3) is 0.211. The largest absolute Gasteiger partial charge is 0.472 e. The summed E-state index contributed by atoms with van der Waals surface area (Å²) in [6.07, 6.45) is -4.23. The standard InChI is InChI=1S/C19H15F3N2O3S/c20-19(21,22)15-6-8-18(23-10-15)27-16-11-24(12-16)28(25,26)17-7-5-13-3-1-2-4-14(13)9-17/h1-10,16H,11-12H2. The average Bonchev–Trinajstić information content (AvgIpc) is 2.63. The van der Waals surface area contributed by atoms with Gasteiger partial charge < -0.3 is 4.74 Å². The number of fused-ring (bicyclic) bond motifs is 1. The van der Waals surface area contributed by atoms with Gasteiger partial charge in [-0.3, -0.25) is 0 Å². The van der Waals surface area contributed by atoms with Gasteiger partial charge in [0.05, 0.1) is 23.5 Å². The van der Waals surface area contributed by atoms with E-state index in [-0.39, 0.29) is 23.9 Å². The van der Waals surface area contributed by atoms with E-state index in [0.717, 1.165) is 22.9 Å². The highest BCUT2D eigenvalue weighted by Crippen LogP contribution is 2.30. The molecule has 0 amide bonds. The Balaban J connectivity index is 1.42. The van der Waals surface area contributed by atoms with Crippen molar-refractivity contribution in [2.75, 3.05) is 13.1 Å². The summed E-state index contributed by atoms with van der Waals surface area (Å²) in [5.41, 5.74) is -0.867. The molecular weight excluding hydrogens is 393 g/mol. The van der Waals surface area contributed by atoms with E-state index in [2.05, 4.69) is 4.98 Å². The van der Waals surface area contributed by atoms with Crippen LogP contribution in [0.5, 0.6) is 5.88 Å². The first-order valence-corrected chi connectivity index (χ1v) is 9.86. The van der Waals surface area contributed by atoms with E-state index in [1.807, 2.05) is 24.3 Å². The zero-order valence-electron chi connectivity index (χ0n) is 14.4. The highest BCUT2D eigenvalue weighted by molar-refractivity contribution is 7.89.